The Bertz CT molecular complexity index is 938. The Balaban J connectivity index is 2.02. The van der Waals surface area contributed by atoms with Crippen molar-refractivity contribution in [2.75, 3.05) is 24.3 Å². The molecular weight excluding hydrogens is 323 g/mol. The van der Waals surface area contributed by atoms with Gasteiger partial charge in [-0.25, -0.2) is 13.2 Å². The lowest BCUT2D eigenvalue weighted by atomic mass is 10.1. The Labute approximate surface area is 134 Å². The fourth-order valence-electron chi connectivity index (χ4n) is 2.30. The van der Waals surface area contributed by atoms with Crippen LogP contribution in [0, 0.1) is 17.5 Å². The molecule has 2 aromatic carbocycles. The Kier molecular flexibility index (Phi) is 3.88. The van der Waals surface area contributed by atoms with Crippen LogP contribution in [0.5, 0.6) is 0 Å². The van der Waals surface area contributed by atoms with Crippen LogP contribution in [0.25, 0.3) is 11.0 Å². The number of hydrogen-bond donors (Lipinski definition) is 1. The largest absolute Gasteiger partial charge is 0.377 e. The molecule has 0 aliphatic heterocycles. The molecule has 0 atom stereocenters. The number of anilines is 2. The number of hydrogen-bond acceptors (Lipinski definition) is 4. The average Bonchev–Trinajstić information content (AvgIpc) is 2.93. The molecule has 1 amide bonds. The molecule has 0 unspecified atom stereocenters. The zero-order valence-electron chi connectivity index (χ0n) is 12.7. The molecular formula is C16H12F3N3O2. The number of benzene rings is 2. The molecule has 0 bridgehead atoms. The van der Waals surface area contributed by atoms with Gasteiger partial charge in [0.2, 0.25) is 0 Å². The van der Waals surface area contributed by atoms with Crippen LogP contribution >= 0.6 is 0 Å². The number of carbonyl (C=O) groups excluding carboxylic acids is 1. The smallest absolute Gasteiger partial charge is 0.260 e. The highest BCUT2D eigenvalue weighted by Crippen LogP contribution is 2.32. The standard InChI is InChI=1S/C16H12F3N3O2/c1-22(2)12-4-3-5-13-14(12)15(21-24-13)20-16(23)8-6-10(18)11(19)7-9(8)17/h3-7H,1-2H3,(H,20,21,23). The molecule has 1 N–H and O–H groups in total. The minimum absolute atomic E-state index is 0.0587. The van der Waals surface area contributed by atoms with E-state index in [9.17, 15) is 18.0 Å². The number of fused-ring (bicyclic) bond motifs is 1. The highest BCUT2D eigenvalue weighted by molar-refractivity contribution is 6.10. The van der Waals surface area contributed by atoms with Crippen molar-refractivity contribution in [3.05, 3.63) is 53.3 Å². The van der Waals surface area contributed by atoms with E-state index in [4.69, 9.17) is 4.52 Å². The van der Waals surface area contributed by atoms with E-state index in [1.807, 2.05) is 0 Å². The lowest BCUT2D eigenvalue weighted by Gasteiger charge is -2.13. The van der Waals surface area contributed by atoms with Crippen LogP contribution in [0.2, 0.25) is 0 Å². The van der Waals surface area contributed by atoms with E-state index in [0.717, 1.165) is 5.69 Å². The molecule has 24 heavy (non-hydrogen) atoms. The number of amides is 1. The summed E-state index contributed by atoms with van der Waals surface area (Å²) < 4.78 is 45.1. The predicted octanol–water partition coefficient (Wildman–Crippen LogP) is 3.56. The van der Waals surface area contributed by atoms with Crippen molar-refractivity contribution in [1.82, 2.24) is 5.16 Å². The second-order valence-corrected chi connectivity index (χ2v) is 5.28. The van der Waals surface area contributed by atoms with Crippen molar-refractivity contribution in [3.8, 4) is 0 Å². The molecule has 0 radical (unpaired) electrons. The van der Waals surface area contributed by atoms with Gasteiger partial charge in [0.15, 0.2) is 23.0 Å². The third-order valence-corrected chi connectivity index (χ3v) is 3.44. The topological polar surface area (TPSA) is 58.4 Å². The second-order valence-electron chi connectivity index (χ2n) is 5.28. The molecule has 0 aliphatic carbocycles. The van der Waals surface area contributed by atoms with E-state index in [2.05, 4.69) is 10.5 Å². The van der Waals surface area contributed by atoms with Crippen LogP contribution in [-0.4, -0.2) is 25.2 Å². The summed E-state index contributed by atoms with van der Waals surface area (Å²) in [5.41, 5.74) is 0.504. The second kappa shape index (κ2) is 5.88. The van der Waals surface area contributed by atoms with E-state index in [1.54, 1.807) is 37.2 Å². The van der Waals surface area contributed by atoms with E-state index in [0.29, 0.717) is 23.1 Å². The third-order valence-electron chi connectivity index (χ3n) is 3.44. The van der Waals surface area contributed by atoms with Crippen molar-refractivity contribution >= 4 is 28.4 Å². The Morgan fingerprint density at radius 2 is 1.83 bits per heavy atom. The van der Waals surface area contributed by atoms with Crippen LogP contribution in [0.4, 0.5) is 24.7 Å². The minimum atomic E-state index is -1.37. The predicted molar refractivity (Wildman–Crippen MR) is 82.6 cm³/mol. The first-order valence-electron chi connectivity index (χ1n) is 6.90. The summed E-state index contributed by atoms with van der Waals surface area (Å²) in [6, 6.07) is 6.01. The van der Waals surface area contributed by atoms with Crippen LogP contribution in [0.3, 0.4) is 0 Å². The van der Waals surface area contributed by atoms with Crippen LogP contribution in [0.15, 0.2) is 34.9 Å². The maximum absolute atomic E-state index is 13.7. The van der Waals surface area contributed by atoms with Crippen LogP contribution in [-0.2, 0) is 0 Å². The summed E-state index contributed by atoms with van der Waals surface area (Å²) in [5.74, 6) is -4.77. The van der Waals surface area contributed by atoms with E-state index in [-0.39, 0.29) is 5.82 Å². The molecule has 0 spiro atoms. The van der Waals surface area contributed by atoms with Gasteiger partial charge in [-0.15, -0.1) is 0 Å². The number of nitrogens with zero attached hydrogens (tertiary/aromatic N) is 2. The summed E-state index contributed by atoms with van der Waals surface area (Å²) in [6.45, 7) is 0. The van der Waals surface area contributed by atoms with Gasteiger partial charge in [-0.2, -0.15) is 0 Å². The number of aromatic nitrogens is 1. The summed E-state index contributed by atoms with van der Waals surface area (Å²) in [5, 5.41) is 6.63. The fraction of sp³-hybridized carbons (Fsp3) is 0.125. The Hall–Kier alpha value is -3.03. The van der Waals surface area contributed by atoms with Gasteiger partial charge in [0, 0.05) is 20.2 Å². The first-order valence-corrected chi connectivity index (χ1v) is 6.90. The molecule has 0 saturated heterocycles. The van der Waals surface area contributed by atoms with Gasteiger partial charge in [0.25, 0.3) is 5.91 Å². The van der Waals surface area contributed by atoms with Crippen molar-refractivity contribution in [2.24, 2.45) is 0 Å². The van der Waals surface area contributed by atoms with Crippen LogP contribution in [0.1, 0.15) is 10.4 Å². The van der Waals surface area contributed by atoms with E-state index >= 15 is 0 Å². The van der Waals surface area contributed by atoms with E-state index in [1.165, 1.54) is 0 Å². The van der Waals surface area contributed by atoms with Crippen molar-refractivity contribution in [3.63, 3.8) is 0 Å². The molecule has 3 rings (SSSR count). The monoisotopic (exact) mass is 335 g/mol. The summed E-state index contributed by atoms with van der Waals surface area (Å²) in [6.07, 6.45) is 0. The molecule has 0 saturated carbocycles. The van der Waals surface area contributed by atoms with Crippen molar-refractivity contribution < 1.29 is 22.5 Å². The molecule has 0 aliphatic rings. The van der Waals surface area contributed by atoms with Gasteiger partial charge in [-0.3, -0.25) is 4.79 Å². The molecule has 1 aromatic heterocycles. The van der Waals surface area contributed by atoms with Gasteiger partial charge in [0.1, 0.15) is 5.82 Å². The van der Waals surface area contributed by atoms with E-state index < -0.39 is 28.9 Å². The van der Waals surface area contributed by atoms with Crippen molar-refractivity contribution in [2.45, 2.75) is 0 Å². The Morgan fingerprint density at radius 3 is 2.54 bits per heavy atom. The fourth-order valence-corrected chi connectivity index (χ4v) is 2.30. The molecule has 5 nitrogen and oxygen atoms in total. The number of nitrogens with one attached hydrogen (secondary N) is 1. The summed E-state index contributed by atoms with van der Waals surface area (Å²) >= 11 is 0. The maximum Gasteiger partial charge on any atom is 0.260 e. The lowest BCUT2D eigenvalue weighted by Crippen LogP contribution is -2.16. The first kappa shape index (κ1) is 15.9. The molecule has 8 heteroatoms. The minimum Gasteiger partial charge on any atom is -0.377 e. The van der Waals surface area contributed by atoms with Gasteiger partial charge in [-0.1, -0.05) is 11.2 Å². The Morgan fingerprint density at radius 1 is 1.12 bits per heavy atom. The third kappa shape index (κ3) is 2.66. The molecule has 1 heterocycles. The SMILES string of the molecule is CN(C)c1cccc2onc(NC(=O)c3cc(F)c(F)cc3F)c12. The quantitative estimate of drug-likeness (QED) is 0.744. The summed E-state index contributed by atoms with van der Waals surface area (Å²) in [7, 11) is 3.59. The highest BCUT2D eigenvalue weighted by Gasteiger charge is 2.20. The maximum atomic E-state index is 13.7. The first-order chi connectivity index (χ1) is 11.4. The van der Waals surface area contributed by atoms with Gasteiger partial charge in [0.05, 0.1) is 16.6 Å². The van der Waals surface area contributed by atoms with Gasteiger partial charge in [-0.05, 0) is 18.2 Å². The van der Waals surface area contributed by atoms with Gasteiger partial charge >= 0.3 is 0 Å². The number of halogens is 3. The van der Waals surface area contributed by atoms with Crippen molar-refractivity contribution in [1.29, 1.82) is 0 Å². The zero-order chi connectivity index (χ0) is 17.4. The average molecular weight is 335 g/mol. The molecule has 3 aromatic rings. The molecule has 124 valence electrons. The van der Waals surface area contributed by atoms with Gasteiger partial charge < -0.3 is 14.7 Å². The zero-order valence-corrected chi connectivity index (χ0v) is 12.7. The summed E-state index contributed by atoms with van der Waals surface area (Å²) in [4.78, 5) is 14.0. The molecule has 0 fully saturated rings. The van der Waals surface area contributed by atoms with Crippen LogP contribution < -0.4 is 10.2 Å². The number of rotatable bonds is 3. The normalized spacial score (nSPS) is 10.9. The number of carbonyl (C=O) groups is 1. The lowest BCUT2D eigenvalue weighted by molar-refractivity contribution is 0.102. The highest BCUT2D eigenvalue weighted by atomic mass is 19.2.